The Kier molecular flexibility index (Phi) is 6.91. The first-order valence-corrected chi connectivity index (χ1v) is 6.18. The first kappa shape index (κ1) is 16.7. The summed E-state index contributed by atoms with van der Waals surface area (Å²) in [5.74, 6) is -0.643. The molecule has 0 saturated carbocycles. The normalized spacial score (nSPS) is 9.33. The molecule has 0 saturated heterocycles. The maximum atomic E-state index is 11.7. The van der Waals surface area contributed by atoms with Gasteiger partial charge in [-0.25, -0.2) is 4.79 Å². The van der Waals surface area contributed by atoms with Gasteiger partial charge in [-0.05, 0) is 24.3 Å². The van der Waals surface area contributed by atoms with Crippen molar-refractivity contribution in [3.63, 3.8) is 0 Å². The van der Waals surface area contributed by atoms with Crippen LogP contribution in [0.2, 0.25) is 0 Å². The Morgan fingerprint density at radius 2 is 1.76 bits per heavy atom. The summed E-state index contributed by atoms with van der Waals surface area (Å²) >= 11 is 0. The summed E-state index contributed by atoms with van der Waals surface area (Å²) in [4.78, 5) is 27.1. The molecule has 1 aromatic carbocycles. The zero-order valence-electron chi connectivity index (χ0n) is 11.2. The number of aromatic nitrogens is 1. The summed E-state index contributed by atoms with van der Waals surface area (Å²) in [6.07, 6.45) is 3.07. The molecule has 21 heavy (non-hydrogen) atoms. The summed E-state index contributed by atoms with van der Waals surface area (Å²) in [6.45, 7) is 0.381. The largest absolute Gasteiger partial charge is 0.460 e. The molecule has 1 amide bonds. The van der Waals surface area contributed by atoms with Gasteiger partial charge in [-0.2, -0.15) is 0 Å². The molecule has 0 atom stereocenters. The average molecular weight is 307 g/mol. The fourth-order valence-electron chi connectivity index (χ4n) is 1.56. The van der Waals surface area contributed by atoms with Crippen molar-refractivity contribution < 1.29 is 14.3 Å². The number of esters is 1. The number of carbonyl (C=O) groups is 2. The Morgan fingerprint density at radius 3 is 2.43 bits per heavy atom. The molecule has 0 aliphatic rings. The van der Waals surface area contributed by atoms with Gasteiger partial charge in [0, 0.05) is 12.4 Å². The van der Waals surface area contributed by atoms with Crippen LogP contribution < -0.4 is 5.32 Å². The molecule has 6 heteroatoms. The van der Waals surface area contributed by atoms with Crippen molar-refractivity contribution in [1.82, 2.24) is 10.3 Å². The third-order valence-electron chi connectivity index (χ3n) is 2.55. The molecule has 0 aliphatic carbocycles. The lowest BCUT2D eigenvalue weighted by Crippen LogP contribution is -2.28. The van der Waals surface area contributed by atoms with Crippen LogP contribution in [0, 0.1) is 0 Å². The molecule has 5 nitrogen and oxygen atoms in total. The predicted molar refractivity (Wildman–Crippen MR) is 80.5 cm³/mol. The summed E-state index contributed by atoms with van der Waals surface area (Å²) in [7, 11) is 0. The van der Waals surface area contributed by atoms with Crippen LogP contribution in [0.25, 0.3) is 0 Å². The maximum Gasteiger partial charge on any atom is 0.338 e. The van der Waals surface area contributed by atoms with E-state index in [-0.39, 0.29) is 31.5 Å². The Hall–Kier alpha value is -2.40. The third kappa shape index (κ3) is 5.24. The fourth-order valence-corrected chi connectivity index (χ4v) is 1.56. The number of ether oxygens (including phenoxy) is 1. The van der Waals surface area contributed by atoms with Gasteiger partial charge in [-0.1, -0.05) is 18.2 Å². The number of hydrogen-bond donors (Lipinski definition) is 1. The van der Waals surface area contributed by atoms with Gasteiger partial charge in [0.2, 0.25) is 0 Å². The van der Waals surface area contributed by atoms with Gasteiger partial charge in [0.15, 0.2) is 0 Å². The van der Waals surface area contributed by atoms with Crippen LogP contribution in [0.4, 0.5) is 0 Å². The molecule has 1 N–H and O–H groups in total. The summed E-state index contributed by atoms with van der Waals surface area (Å²) < 4.78 is 5.05. The second-order valence-corrected chi connectivity index (χ2v) is 4.00. The fraction of sp³-hybridized carbons (Fsp3) is 0.133. The van der Waals surface area contributed by atoms with Gasteiger partial charge in [0.05, 0.1) is 17.7 Å². The van der Waals surface area contributed by atoms with Crippen molar-refractivity contribution in [2.45, 2.75) is 0 Å². The van der Waals surface area contributed by atoms with E-state index in [9.17, 15) is 9.59 Å². The summed E-state index contributed by atoms with van der Waals surface area (Å²) in [5, 5.41) is 2.65. The number of nitrogens with one attached hydrogen (secondary N) is 1. The van der Waals surface area contributed by atoms with Crippen molar-refractivity contribution in [3.8, 4) is 0 Å². The van der Waals surface area contributed by atoms with Crippen LogP contribution >= 0.6 is 12.4 Å². The van der Waals surface area contributed by atoms with Gasteiger partial charge in [-0.3, -0.25) is 9.78 Å². The summed E-state index contributed by atoms with van der Waals surface area (Å²) in [6, 6.07) is 12.1. The lowest BCUT2D eigenvalue weighted by molar-refractivity contribution is 0.0503. The number of nitrogens with zero attached hydrogens (tertiary/aromatic N) is 1. The molecule has 1 aromatic heterocycles. The van der Waals surface area contributed by atoms with E-state index in [4.69, 9.17) is 4.74 Å². The van der Waals surface area contributed by atoms with Gasteiger partial charge in [0.1, 0.15) is 6.61 Å². The zero-order valence-corrected chi connectivity index (χ0v) is 12.0. The van der Waals surface area contributed by atoms with E-state index in [0.29, 0.717) is 11.1 Å². The van der Waals surface area contributed by atoms with Crippen molar-refractivity contribution >= 4 is 24.3 Å². The number of amides is 1. The first-order chi connectivity index (χ1) is 9.77. The van der Waals surface area contributed by atoms with Crippen molar-refractivity contribution in [1.29, 1.82) is 0 Å². The Bertz CT molecular complexity index is 522. The highest BCUT2D eigenvalue weighted by atomic mass is 35.5. The Morgan fingerprint density at radius 1 is 1.05 bits per heavy atom. The standard InChI is InChI=1S/C15H14N2O3.ClH/c18-14(13-7-4-8-16-11-13)17-9-10-20-15(19)12-5-2-1-3-6-12;/h1-8,11H,9-10H2,(H,17,18);1H. The molecule has 0 radical (unpaired) electrons. The van der Waals surface area contributed by atoms with Crippen LogP contribution in [-0.4, -0.2) is 30.0 Å². The van der Waals surface area contributed by atoms with E-state index >= 15 is 0 Å². The topological polar surface area (TPSA) is 68.3 Å². The molecular weight excluding hydrogens is 292 g/mol. The van der Waals surface area contributed by atoms with E-state index < -0.39 is 5.97 Å². The minimum Gasteiger partial charge on any atom is -0.460 e. The van der Waals surface area contributed by atoms with E-state index in [0.717, 1.165) is 0 Å². The highest BCUT2D eigenvalue weighted by Crippen LogP contribution is 2.00. The second kappa shape index (κ2) is 8.71. The van der Waals surface area contributed by atoms with E-state index in [2.05, 4.69) is 10.3 Å². The predicted octanol–water partition coefficient (Wildman–Crippen LogP) is 2.09. The van der Waals surface area contributed by atoms with Crippen LogP contribution in [0.3, 0.4) is 0 Å². The number of carbonyl (C=O) groups excluding carboxylic acids is 2. The SMILES string of the molecule is Cl.O=C(NCCOC(=O)c1ccccc1)c1cccnc1. The van der Waals surface area contributed by atoms with Crippen LogP contribution in [0.1, 0.15) is 20.7 Å². The molecule has 0 bridgehead atoms. The minimum absolute atomic E-state index is 0. The monoisotopic (exact) mass is 306 g/mol. The number of hydrogen-bond acceptors (Lipinski definition) is 4. The molecule has 1 heterocycles. The van der Waals surface area contributed by atoms with Crippen LogP contribution in [0.5, 0.6) is 0 Å². The van der Waals surface area contributed by atoms with Gasteiger partial charge in [-0.15, -0.1) is 12.4 Å². The average Bonchev–Trinajstić information content (AvgIpc) is 2.53. The summed E-state index contributed by atoms with van der Waals surface area (Å²) in [5.41, 5.74) is 0.966. The molecule has 2 rings (SSSR count). The van der Waals surface area contributed by atoms with Crippen molar-refractivity contribution in [2.75, 3.05) is 13.2 Å². The number of halogens is 1. The molecule has 110 valence electrons. The van der Waals surface area contributed by atoms with Gasteiger partial charge in [0.25, 0.3) is 5.91 Å². The van der Waals surface area contributed by atoms with E-state index in [1.807, 2.05) is 6.07 Å². The zero-order chi connectivity index (χ0) is 14.2. The molecule has 0 aliphatic heterocycles. The lowest BCUT2D eigenvalue weighted by Gasteiger charge is -2.06. The molecule has 0 spiro atoms. The molecule has 2 aromatic rings. The highest BCUT2D eigenvalue weighted by Gasteiger charge is 2.07. The van der Waals surface area contributed by atoms with Crippen molar-refractivity contribution in [3.05, 3.63) is 66.0 Å². The first-order valence-electron chi connectivity index (χ1n) is 6.18. The van der Waals surface area contributed by atoms with Crippen LogP contribution in [0.15, 0.2) is 54.9 Å². The van der Waals surface area contributed by atoms with Crippen molar-refractivity contribution in [2.24, 2.45) is 0 Å². The lowest BCUT2D eigenvalue weighted by atomic mass is 10.2. The maximum absolute atomic E-state index is 11.7. The molecule has 0 unspecified atom stereocenters. The number of rotatable bonds is 5. The molecule has 0 fully saturated rings. The second-order valence-electron chi connectivity index (χ2n) is 4.00. The third-order valence-corrected chi connectivity index (χ3v) is 2.55. The number of benzene rings is 1. The van der Waals surface area contributed by atoms with Gasteiger partial charge < -0.3 is 10.1 Å². The minimum atomic E-state index is -0.402. The Labute approximate surface area is 128 Å². The quantitative estimate of drug-likeness (QED) is 0.678. The highest BCUT2D eigenvalue weighted by molar-refractivity contribution is 5.93. The Balaban J connectivity index is 0.00000220. The van der Waals surface area contributed by atoms with E-state index in [1.54, 1.807) is 42.6 Å². The van der Waals surface area contributed by atoms with Gasteiger partial charge >= 0.3 is 5.97 Å². The van der Waals surface area contributed by atoms with Crippen LogP contribution in [-0.2, 0) is 4.74 Å². The smallest absolute Gasteiger partial charge is 0.338 e. The molecular formula is C15H15ClN2O3. The van der Waals surface area contributed by atoms with E-state index in [1.165, 1.54) is 6.20 Å². The number of pyridine rings is 1.